The summed E-state index contributed by atoms with van der Waals surface area (Å²) in [7, 11) is 0. The Balaban J connectivity index is 2.23. The Morgan fingerprint density at radius 2 is 2.05 bits per heavy atom. The molecule has 0 bridgehead atoms. The Labute approximate surface area is 118 Å². The number of aliphatic hydroxyl groups is 1. The van der Waals surface area contributed by atoms with Crippen LogP contribution in [0.15, 0.2) is 12.1 Å². The van der Waals surface area contributed by atoms with E-state index in [1.807, 2.05) is 13.8 Å². The van der Waals surface area contributed by atoms with E-state index in [1.165, 1.54) is 12.1 Å². The maximum atomic E-state index is 14.1. The molecule has 0 radical (unpaired) electrons. The molecule has 20 heavy (non-hydrogen) atoms. The van der Waals surface area contributed by atoms with Crippen molar-refractivity contribution in [2.24, 2.45) is 0 Å². The molecule has 1 saturated heterocycles. The monoisotopic (exact) mass is 285 g/mol. The predicted molar refractivity (Wildman–Crippen MR) is 72.5 cm³/mol. The lowest BCUT2D eigenvalue weighted by molar-refractivity contribution is -0.0978. The number of hydrogen-bond donors (Lipinski definition) is 1. The molecule has 2 atom stereocenters. The molecule has 0 saturated carbocycles. The summed E-state index contributed by atoms with van der Waals surface area (Å²) in [6.07, 6.45) is -1.91. The Morgan fingerprint density at radius 1 is 1.35 bits per heavy atom. The molecule has 2 rings (SSSR count). The molecule has 1 heterocycles. The Bertz CT molecular complexity index is 479. The molecule has 3 nitrogen and oxygen atoms in total. The van der Waals surface area contributed by atoms with Gasteiger partial charge in [0.25, 0.3) is 0 Å². The second-order valence-corrected chi connectivity index (χ2v) is 5.53. The minimum absolute atomic E-state index is 0.291. The quantitative estimate of drug-likeness (QED) is 0.926. The highest BCUT2D eigenvalue weighted by molar-refractivity contribution is 5.29. The van der Waals surface area contributed by atoms with E-state index >= 15 is 0 Å². The topological polar surface area (TPSA) is 32.7 Å². The highest BCUT2D eigenvalue weighted by atomic mass is 19.1. The van der Waals surface area contributed by atoms with Gasteiger partial charge in [-0.05, 0) is 32.4 Å². The zero-order chi connectivity index (χ0) is 14.9. The zero-order valence-electron chi connectivity index (χ0n) is 12.1. The first-order chi connectivity index (χ1) is 9.41. The van der Waals surface area contributed by atoms with Crippen LogP contribution in [0.1, 0.15) is 31.1 Å². The number of aliphatic hydroxyl groups excluding tert-OH is 1. The summed E-state index contributed by atoms with van der Waals surface area (Å²) < 4.78 is 33.4. The van der Waals surface area contributed by atoms with Crippen molar-refractivity contribution in [3.05, 3.63) is 34.9 Å². The van der Waals surface area contributed by atoms with Crippen molar-refractivity contribution in [3.8, 4) is 0 Å². The molecule has 1 aromatic carbocycles. The second-order valence-electron chi connectivity index (χ2n) is 5.53. The molecule has 1 N–H and O–H groups in total. The van der Waals surface area contributed by atoms with Crippen molar-refractivity contribution >= 4 is 0 Å². The molecule has 1 fully saturated rings. The first-order valence-electron chi connectivity index (χ1n) is 6.90. The maximum Gasteiger partial charge on any atom is 0.134 e. The fourth-order valence-electron chi connectivity index (χ4n) is 2.49. The van der Waals surface area contributed by atoms with Crippen molar-refractivity contribution in [3.63, 3.8) is 0 Å². The molecule has 2 unspecified atom stereocenters. The molecule has 0 aromatic heterocycles. The van der Waals surface area contributed by atoms with E-state index in [9.17, 15) is 13.9 Å². The van der Waals surface area contributed by atoms with Gasteiger partial charge in [0.2, 0.25) is 0 Å². The molecule has 0 spiro atoms. The van der Waals surface area contributed by atoms with Gasteiger partial charge in [-0.2, -0.15) is 0 Å². The lowest BCUT2D eigenvalue weighted by Crippen LogP contribution is -2.48. The molecule has 1 aliphatic rings. The van der Waals surface area contributed by atoms with Crippen LogP contribution in [-0.4, -0.2) is 41.8 Å². The lowest BCUT2D eigenvalue weighted by Gasteiger charge is -2.37. The van der Waals surface area contributed by atoms with E-state index in [-0.39, 0.29) is 5.56 Å². The molecular formula is C15H21F2NO2. The number of benzene rings is 1. The summed E-state index contributed by atoms with van der Waals surface area (Å²) >= 11 is 0. The number of halogens is 2. The molecule has 5 heteroatoms. The summed E-state index contributed by atoms with van der Waals surface area (Å²) in [6.45, 7) is 7.32. The number of hydrogen-bond acceptors (Lipinski definition) is 3. The molecule has 0 aliphatic carbocycles. The third-order valence-corrected chi connectivity index (χ3v) is 3.82. The van der Waals surface area contributed by atoms with Crippen LogP contribution in [0.4, 0.5) is 8.78 Å². The maximum absolute atomic E-state index is 14.1. The number of morpholine rings is 1. The largest absolute Gasteiger partial charge is 0.385 e. The Morgan fingerprint density at radius 3 is 2.70 bits per heavy atom. The van der Waals surface area contributed by atoms with Crippen LogP contribution in [0.2, 0.25) is 0 Å². The van der Waals surface area contributed by atoms with Gasteiger partial charge in [-0.15, -0.1) is 0 Å². The summed E-state index contributed by atoms with van der Waals surface area (Å²) in [6, 6.07) is 2.85. The van der Waals surface area contributed by atoms with Gasteiger partial charge in [-0.1, -0.05) is 6.07 Å². The van der Waals surface area contributed by atoms with E-state index in [2.05, 4.69) is 4.90 Å². The fraction of sp³-hybridized carbons (Fsp3) is 0.600. The van der Waals surface area contributed by atoms with E-state index in [1.54, 1.807) is 6.92 Å². The number of nitrogens with zero attached hydrogens (tertiary/aromatic N) is 1. The average molecular weight is 285 g/mol. The van der Waals surface area contributed by atoms with Crippen molar-refractivity contribution in [1.82, 2.24) is 4.90 Å². The highest BCUT2D eigenvalue weighted by Crippen LogP contribution is 2.28. The van der Waals surface area contributed by atoms with Crippen molar-refractivity contribution < 1.29 is 18.6 Å². The lowest BCUT2D eigenvalue weighted by atomic mass is 9.99. The number of ether oxygens (including phenoxy) is 1. The van der Waals surface area contributed by atoms with Crippen molar-refractivity contribution in [1.29, 1.82) is 0 Å². The summed E-state index contributed by atoms with van der Waals surface area (Å²) in [4.78, 5) is 2.13. The van der Waals surface area contributed by atoms with Crippen LogP contribution in [0.5, 0.6) is 0 Å². The minimum atomic E-state index is -1.29. The molecule has 1 aromatic rings. The van der Waals surface area contributed by atoms with E-state index in [0.29, 0.717) is 24.8 Å². The number of rotatable bonds is 3. The van der Waals surface area contributed by atoms with Crippen LogP contribution in [0, 0.1) is 18.6 Å². The van der Waals surface area contributed by atoms with Crippen LogP contribution in [0.25, 0.3) is 0 Å². The second kappa shape index (κ2) is 6.16. The summed E-state index contributed by atoms with van der Waals surface area (Å²) in [5.74, 6) is -1.42. The summed E-state index contributed by atoms with van der Waals surface area (Å²) in [5.41, 5.74) is 0.0255. The van der Waals surface area contributed by atoms with Crippen LogP contribution < -0.4 is 0 Å². The third-order valence-electron chi connectivity index (χ3n) is 3.82. The van der Waals surface area contributed by atoms with Gasteiger partial charge in [0, 0.05) is 19.1 Å². The Hall–Kier alpha value is -1.04. The van der Waals surface area contributed by atoms with Gasteiger partial charge in [0.1, 0.15) is 23.8 Å². The van der Waals surface area contributed by atoms with E-state index in [4.69, 9.17) is 4.74 Å². The zero-order valence-corrected chi connectivity index (χ0v) is 12.1. The fourth-order valence-corrected chi connectivity index (χ4v) is 2.49. The van der Waals surface area contributed by atoms with Gasteiger partial charge < -0.3 is 9.84 Å². The van der Waals surface area contributed by atoms with Crippen LogP contribution in [-0.2, 0) is 4.74 Å². The van der Waals surface area contributed by atoms with Crippen LogP contribution in [0.3, 0.4) is 0 Å². The first kappa shape index (κ1) is 15.4. The molecule has 1 aliphatic heterocycles. The standard InChI is InChI=1S/C15H21F2NO2/c1-9(2)18-6-7-20-12(8-18)15(19)13-11(16)5-4-10(3)14(13)17/h4-5,9,12,15,19H,6-8H2,1-3H3. The normalized spacial score (nSPS) is 22.2. The van der Waals surface area contributed by atoms with E-state index < -0.39 is 23.8 Å². The highest BCUT2D eigenvalue weighted by Gasteiger charge is 2.32. The molecule has 0 amide bonds. The third kappa shape index (κ3) is 3.00. The Kier molecular flexibility index (Phi) is 4.73. The van der Waals surface area contributed by atoms with Gasteiger partial charge >= 0.3 is 0 Å². The predicted octanol–water partition coefficient (Wildman–Crippen LogP) is 2.42. The average Bonchev–Trinajstić information content (AvgIpc) is 2.43. The minimum Gasteiger partial charge on any atom is -0.385 e. The molecule has 112 valence electrons. The first-order valence-corrected chi connectivity index (χ1v) is 6.90. The van der Waals surface area contributed by atoms with Gasteiger partial charge in [0.15, 0.2) is 0 Å². The van der Waals surface area contributed by atoms with Crippen molar-refractivity contribution in [2.75, 3.05) is 19.7 Å². The SMILES string of the molecule is Cc1ccc(F)c(C(O)C2CN(C(C)C)CCO2)c1F. The van der Waals surface area contributed by atoms with Gasteiger partial charge in [0.05, 0.1) is 12.2 Å². The van der Waals surface area contributed by atoms with Crippen molar-refractivity contribution in [2.45, 2.75) is 39.0 Å². The van der Waals surface area contributed by atoms with Gasteiger partial charge in [-0.3, -0.25) is 4.90 Å². The smallest absolute Gasteiger partial charge is 0.134 e. The summed E-state index contributed by atoms with van der Waals surface area (Å²) in [5, 5.41) is 10.3. The van der Waals surface area contributed by atoms with E-state index in [0.717, 1.165) is 6.54 Å². The van der Waals surface area contributed by atoms with Gasteiger partial charge in [-0.25, -0.2) is 8.78 Å². The van der Waals surface area contributed by atoms with Crippen LogP contribution >= 0.6 is 0 Å². The number of aryl methyl sites for hydroxylation is 1. The molecular weight excluding hydrogens is 264 g/mol.